The molecule has 0 saturated carbocycles. The first kappa shape index (κ1) is 21.9. The van der Waals surface area contributed by atoms with Crippen molar-refractivity contribution in [2.45, 2.75) is 20.5 Å². The van der Waals surface area contributed by atoms with Crippen LogP contribution in [-0.4, -0.2) is 25.8 Å². The van der Waals surface area contributed by atoms with E-state index in [0.717, 1.165) is 22.3 Å². The molecule has 3 rings (SSSR count). The molecule has 0 fully saturated rings. The van der Waals surface area contributed by atoms with Gasteiger partial charge in [0.25, 0.3) is 5.91 Å². The minimum atomic E-state index is -0.341. The number of nitrogens with one attached hydrogen (secondary N) is 1. The van der Waals surface area contributed by atoms with E-state index in [9.17, 15) is 4.79 Å². The molecular weight excluding hydrogens is 392 g/mol. The molecular formula is C25H26N2O4. The zero-order chi connectivity index (χ0) is 22.1. The highest BCUT2D eigenvalue weighted by Gasteiger charge is 2.07. The molecule has 6 nitrogen and oxygen atoms in total. The van der Waals surface area contributed by atoms with E-state index >= 15 is 0 Å². The van der Waals surface area contributed by atoms with E-state index in [4.69, 9.17) is 14.2 Å². The number of hydrazone groups is 1. The molecule has 0 aromatic heterocycles. The topological polar surface area (TPSA) is 69.2 Å². The summed E-state index contributed by atoms with van der Waals surface area (Å²) in [5, 5.41) is 3.99. The first-order chi connectivity index (χ1) is 15.0. The molecule has 0 bridgehead atoms. The first-order valence-corrected chi connectivity index (χ1v) is 9.92. The Labute approximate surface area is 182 Å². The second-order valence-electron chi connectivity index (χ2n) is 7.04. The van der Waals surface area contributed by atoms with E-state index < -0.39 is 0 Å². The van der Waals surface area contributed by atoms with Crippen LogP contribution in [0.1, 0.15) is 22.3 Å². The van der Waals surface area contributed by atoms with Crippen molar-refractivity contribution in [3.8, 4) is 17.2 Å². The van der Waals surface area contributed by atoms with E-state index in [1.54, 1.807) is 19.4 Å². The summed E-state index contributed by atoms with van der Waals surface area (Å²) < 4.78 is 16.8. The number of nitrogens with zero attached hydrogens (tertiary/aromatic N) is 1. The second kappa shape index (κ2) is 10.8. The fraction of sp³-hybridized carbons (Fsp3) is 0.200. The number of aryl methyl sites for hydroxylation is 2. The van der Waals surface area contributed by atoms with Crippen molar-refractivity contribution in [2.75, 3.05) is 13.7 Å². The number of methoxy groups -OCH3 is 1. The molecule has 1 N–H and O–H groups in total. The molecule has 160 valence electrons. The number of amides is 1. The van der Waals surface area contributed by atoms with E-state index in [1.165, 1.54) is 0 Å². The van der Waals surface area contributed by atoms with Gasteiger partial charge in [0.2, 0.25) is 0 Å². The minimum Gasteiger partial charge on any atom is -0.493 e. The van der Waals surface area contributed by atoms with Crippen LogP contribution in [0.2, 0.25) is 0 Å². The fourth-order valence-corrected chi connectivity index (χ4v) is 2.84. The van der Waals surface area contributed by atoms with Gasteiger partial charge in [0, 0.05) is 0 Å². The molecule has 0 atom stereocenters. The zero-order valence-corrected chi connectivity index (χ0v) is 17.9. The van der Waals surface area contributed by atoms with Crippen molar-refractivity contribution in [3.05, 3.63) is 89.0 Å². The monoisotopic (exact) mass is 418 g/mol. The Morgan fingerprint density at radius 2 is 1.74 bits per heavy atom. The SMILES string of the molecule is COc1cc(/C=N/NC(=O)COc2cc(C)ccc2C)ccc1OCc1ccccc1. The maximum atomic E-state index is 12.0. The Morgan fingerprint density at radius 3 is 2.52 bits per heavy atom. The van der Waals surface area contributed by atoms with Crippen LogP contribution in [0.5, 0.6) is 17.2 Å². The molecule has 3 aromatic carbocycles. The van der Waals surface area contributed by atoms with Crippen molar-refractivity contribution >= 4 is 12.1 Å². The average Bonchev–Trinajstić information content (AvgIpc) is 2.79. The molecule has 0 heterocycles. The molecule has 0 saturated heterocycles. The smallest absolute Gasteiger partial charge is 0.277 e. The molecule has 3 aromatic rings. The van der Waals surface area contributed by atoms with E-state index in [1.807, 2.05) is 74.5 Å². The predicted octanol–water partition coefficient (Wildman–Crippen LogP) is 4.42. The quantitative estimate of drug-likeness (QED) is 0.413. The molecule has 0 aliphatic heterocycles. The van der Waals surface area contributed by atoms with Gasteiger partial charge in [-0.25, -0.2) is 5.43 Å². The van der Waals surface area contributed by atoms with Crippen molar-refractivity contribution < 1.29 is 19.0 Å². The number of ether oxygens (including phenoxy) is 3. The van der Waals surface area contributed by atoms with Gasteiger partial charge in [0.15, 0.2) is 18.1 Å². The van der Waals surface area contributed by atoms with Crippen LogP contribution in [-0.2, 0) is 11.4 Å². The van der Waals surface area contributed by atoms with Gasteiger partial charge in [-0.15, -0.1) is 0 Å². The Morgan fingerprint density at radius 1 is 0.935 bits per heavy atom. The Kier molecular flexibility index (Phi) is 7.65. The highest BCUT2D eigenvalue weighted by Crippen LogP contribution is 2.28. The fourth-order valence-electron chi connectivity index (χ4n) is 2.84. The lowest BCUT2D eigenvalue weighted by atomic mass is 10.1. The molecule has 0 aliphatic rings. The lowest BCUT2D eigenvalue weighted by Crippen LogP contribution is -2.24. The van der Waals surface area contributed by atoms with Crippen molar-refractivity contribution in [1.82, 2.24) is 5.43 Å². The van der Waals surface area contributed by atoms with Crippen LogP contribution in [0.4, 0.5) is 0 Å². The Balaban J connectivity index is 1.52. The number of hydrogen-bond acceptors (Lipinski definition) is 5. The van der Waals surface area contributed by atoms with Gasteiger partial charge in [-0.2, -0.15) is 5.10 Å². The van der Waals surface area contributed by atoms with E-state index in [0.29, 0.717) is 23.9 Å². The Hall–Kier alpha value is -3.80. The summed E-state index contributed by atoms with van der Waals surface area (Å²) in [6.07, 6.45) is 1.54. The number of carbonyl (C=O) groups excluding carboxylic acids is 1. The van der Waals surface area contributed by atoms with Crippen LogP contribution in [0.15, 0.2) is 71.8 Å². The number of hydrogen-bond donors (Lipinski definition) is 1. The lowest BCUT2D eigenvalue weighted by Gasteiger charge is -2.11. The molecule has 1 amide bonds. The van der Waals surface area contributed by atoms with Gasteiger partial charge in [-0.3, -0.25) is 4.79 Å². The summed E-state index contributed by atoms with van der Waals surface area (Å²) in [6.45, 7) is 4.24. The van der Waals surface area contributed by atoms with Gasteiger partial charge in [-0.05, 0) is 60.4 Å². The highest BCUT2D eigenvalue weighted by atomic mass is 16.5. The van der Waals surface area contributed by atoms with Crippen molar-refractivity contribution in [2.24, 2.45) is 5.10 Å². The summed E-state index contributed by atoms with van der Waals surface area (Å²) >= 11 is 0. The third-order valence-corrected chi connectivity index (χ3v) is 4.53. The second-order valence-corrected chi connectivity index (χ2v) is 7.04. The van der Waals surface area contributed by atoms with Gasteiger partial charge in [-0.1, -0.05) is 42.5 Å². The van der Waals surface area contributed by atoms with Crippen molar-refractivity contribution in [1.29, 1.82) is 0 Å². The number of carbonyl (C=O) groups is 1. The maximum absolute atomic E-state index is 12.0. The van der Waals surface area contributed by atoms with Gasteiger partial charge in [0.1, 0.15) is 12.4 Å². The first-order valence-electron chi connectivity index (χ1n) is 9.92. The summed E-state index contributed by atoms with van der Waals surface area (Å²) in [5.74, 6) is 1.57. The van der Waals surface area contributed by atoms with Crippen LogP contribution in [0.25, 0.3) is 0 Å². The number of benzene rings is 3. The summed E-state index contributed by atoms with van der Waals surface area (Å²) in [7, 11) is 1.58. The molecule has 6 heteroatoms. The predicted molar refractivity (Wildman–Crippen MR) is 121 cm³/mol. The average molecular weight is 418 g/mol. The highest BCUT2D eigenvalue weighted by molar-refractivity contribution is 5.83. The normalized spacial score (nSPS) is 10.7. The third-order valence-electron chi connectivity index (χ3n) is 4.53. The zero-order valence-electron chi connectivity index (χ0n) is 17.9. The number of rotatable bonds is 9. The molecule has 0 unspecified atom stereocenters. The lowest BCUT2D eigenvalue weighted by molar-refractivity contribution is -0.123. The van der Waals surface area contributed by atoms with Crippen LogP contribution in [0.3, 0.4) is 0 Å². The largest absolute Gasteiger partial charge is 0.493 e. The van der Waals surface area contributed by atoms with Gasteiger partial charge < -0.3 is 14.2 Å². The van der Waals surface area contributed by atoms with E-state index in [-0.39, 0.29) is 12.5 Å². The van der Waals surface area contributed by atoms with Crippen molar-refractivity contribution in [3.63, 3.8) is 0 Å². The van der Waals surface area contributed by atoms with Gasteiger partial charge >= 0.3 is 0 Å². The maximum Gasteiger partial charge on any atom is 0.277 e. The standard InChI is InChI=1S/C25H26N2O4/c1-18-9-10-19(2)23(13-18)31-17-25(28)27-26-15-21-11-12-22(24(14-21)29-3)30-16-20-7-5-4-6-8-20/h4-15H,16-17H2,1-3H3,(H,27,28)/b26-15+. The van der Waals surface area contributed by atoms with Gasteiger partial charge in [0.05, 0.1) is 13.3 Å². The molecule has 0 spiro atoms. The minimum absolute atomic E-state index is 0.114. The molecule has 31 heavy (non-hydrogen) atoms. The third kappa shape index (κ3) is 6.60. The molecule has 0 aliphatic carbocycles. The van der Waals surface area contributed by atoms with E-state index in [2.05, 4.69) is 10.5 Å². The summed E-state index contributed by atoms with van der Waals surface area (Å²) in [4.78, 5) is 12.0. The van der Waals surface area contributed by atoms with Crippen LogP contribution in [0, 0.1) is 13.8 Å². The summed E-state index contributed by atoms with van der Waals surface area (Å²) in [5.41, 5.74) is 6.35. The Bertz CT molecular complexity index is 1050. The van der Waals surface area contributed by atoms with Crippen LogP contribution >= 0.6 is 0 Å². The van der Waals surface area contributed by atoms with Crippen LogP contribution < -0.4 is 19.6 Å². The molecule has 0 radical (unpaired) electrons. The summed E-state index contributed by atoms with van der Waals surface area (Å²) in [6, 6.07) is 21.2.